The Balaban J connectivity index is 1.39. The van der Waals surface area contributed by atoms with Gasteiger partial charge in [0.2, 0.25) is 5.88 Å². The first kappa shape index (κ1) is 19.5. The summed E-state index contributed by atoms with van der Waals surface area (Å²) in [6.07, 6.45) is 7.83. The number of nitrogens with zero attached hydrogens (tertiary/aromatic N) is 4. The van der Waals surface area contributed by atoms with Crippen molar-refractivity contribution >= 4 is 11.6 Å². The third-order valence-electron chi connectivity index (χ3n) is 6.31. The smallest absolute Gasteiger partial charge is 0.213 e. The maximum atomic E-state index is 6.31. The number of benzene rings is 1. The number of hydrogen-bond acceptors (Lipinski definition) is 5. The highest BCUT2D eigenvalue weighted by Crippen LogP contribution is 2.36. The van der Waals surface area contributed by atoms with E-state index >= 15 is 0 Å². The Labute approximate surface area is 181 Å². The van der Waals surface area contributed by atoms with Crippen LogP contribution in [0.1, 0.15) is 48.8 Å². The van der Waals surface area contributed by atoms with Crippen LogP contribution in [0.15, 0.2) is 42.6 Å². The normalized spacial score (nSPS) is 23.3. The van der Waals surface area contributed by atoms with Gasteiger partial charge in [0.25, 0.3) is 0 Å². The quantitative estimate of drug-likeness (QED) is 0.684. The number of nitrogens with one attached hydrogen (secondary N) is 1. The van der Waals surface area contributed by atoms with E-state index in [0.29, 0.717) is 17.8 Å². The van der Waals surface area contributed by atoms with E-state index in [1.54, 1.807) is 6.20 Å². The van der Waals surface area contributed by atoms with Gasteiger partial charge in [-0.15, -0.1) is 10.2 Å². The van der Waals surface area contributed by atoms with Gasteiger partial charge in [0.15, 0.2) is 0 Å². The Hall–Kier alpha value is -2.44. The Morgan fingerprint density at radius 3 is 2.70 bits per heavy atom. The van der Waals surface area contributed by atoms with Gasteiger partial charge in [-0.1, -0.05) is 17.7 Å². The van der Waals surface area contributed by atoms with Crippen molar-refractivity contribution in [2.75, 3.05) is 7.05 Å². The van der Waals surface area contributed by atoms with Crippen molar-refractivity contribution in [3.63, 3.8) is 0 Å². The molecule has 1 atom stereocenters. The number of aromatic nitrogens is 4. The fourth-order valence-electron chi connectivity index (χ4n) is 4.71. The summed E-state index contributed by atoms with van der Waals surface area (Å²) in [7, 11) is 2.00. The molecule has 2 aliphatic rings. The molecule has 7 heteroatoms. The summed E-state index contributed by atoms with van der Waals surface area (Å²) in [5.74, 6) is 3.18. The fourth-order valence-corrected chi connectivity index (χ4v) is 4.91. The molecule has 156 valence electrons. The summed E-state index contributed by atoms with van der Waals surface area (Å²) >= 11 is 6.31. The average molecular weight is 424 g/mol. The average Bonchev–Trinajstić information content (AvgIpc) is 3.11. The van der Waals surface area contributed by atoms with Crippen LogP contribution >= 0.6 is 11.6 Å². The lowest BCUT2D eigenvalue weighted by Gasteiger charge is -2.28. The van der Waals surface area contributed by atoms with Gasteiger partial charge >= 0.3 is 0 Å². The number of pyridine rings is 1. The molecule has 30 heavy (non-hydrogen) atoms. The molecular weight excluding hydrogens is 398 g/mol. The summed E-state index contributed by atoms with van der Waals surface area (Å²) in [5.41, 5.74) is 2.41. The molecule has 3 aromatic rings. The van der Waals surface area contributed by atoms with Crippen molar-refractivity contribution in [3.05, 3.63) is 64.8 Å². The van der Waals surface area contributed by atoms with Gasteiger partial charge in [0, 0.05) is 35.7 Å². The molecule has 1 N–H and O–H groups in total. The van der Waals surface area contributed by atoms with Gasteiger partial charge in [-0.05, 0) is 69.0 Å². The van der Waals surface area contributed by atoms with E-state index < -0.39 is 0 Å². The van der Waals surface area contributed by atoms with Gasteiger partial charge in [-0.2, -0.15) is 0 Å². The number of hydrogen-bond donors (Lipinski definition) is 1. The molecule has 5 rings (SSSR count). The maximum absolute atomic E-state index is 6.31. The van der Waals surface area contributed by atoms with Crippen molar-refractivity contribution in [2.24, 2.45) is 0 Å². The molecule has 0 unspecified atom stereocenters. The van der Waals surface area contributed by atoms with Crippen molar-refractivity contribution in [3.8, 4) is 11.6 Å². The van der Waals surface area contributed by atoms with Crippen LogP contribution in [0, 0.1) is 0 Å². The van der Waals surface area contributed by atoms with E-state index in [2.05, 4.69) is 37.2 Å². The summed E-state index contributed by atoms with van der Waals surface area (Å²) in [4.78, 5) is 4.29. The first-order valence-corrected chi connectivity index (χ1v) is 11.1. The lowest BCUT2D eigenvalue weighted by molar-refractivity contribution is 0.139. The molecule has 1 saturated carbocycles. The summed E-state index contributed by atoms with van der Waals surface area (Å²) in [5, 5.41) is 13.4. The molecule has 0 bridgehead atoms. The van der Waals surface area contributed by atoms with Gasteiger partial charge in [0.1, 0.15) is 17.8 Å². The highest BCUT2D eigenvalue weighted by Gasteiger charge is 2.31. The van der Waals surface area contributed by atoms with Gasteiger partial charge in [-0.25, -0.2) is 4.98 Å². The third kappa shape index (κ3) is 3.82. The number of halogens is 1. The fraction of sp³-hybridized carbons (Fsp3) is 0.435. The SMILES string of the molecule is CN[C@H]1Cc2cc(Cl)ccc2-n2c(nnc2[C@H]2CC[C@H](Oc3ccccn3)CC2)C1. The van der Waals surface area contributed by atoms with Crippen molar-refractivity contribution in [2.45, 2.75) is 56.6 Å². The molecule has 0 amide bonds. The highest BCUT2D eigenvalue weighted by molar-refractivity contribution is 6.30. The zero-order chi connectivity index (χ0) is 20.5. The summed E-state index contributed by atoms with van der Waals surface area (Å²) < 4.78 is 8.36. The molecule has 1 aromatic carbocycles. The first-order chi connectivity index (χ1) is 14.7. The van der Waals surface area contributed by atoms with Crippen LogP contribution in [0.5, 0.6) is 5.88 Å². The molecule has 0 saturated heterocycles. The van der Waals surface area contributed by atoms with Crippen molar-refractivity contribution in [1.82, 2.24) is 25.1 Å². The van der Waals surface area contributed by atoms with E-state index in [4.69, 9.17) is 16.3 Å². The minimum absolute atomic E-state index is 0.211. The lowest BCUT2D eigenvalue weighted by atomic mass is 9.86. The highest BCUT2D eigenvalue weighted by atomic mass is 35.5. The zero-order valence-corrected chi connectivity index (χ0v) is 17.8. The molecule has 1 aliphatic carbocycles. The van der Waals surface area contributed by atoms with Gasteiger partial charge in [0.05, 0.1) is 5.69 Å². The van der Waals surface area contributed by atoms with Crippen molar-refractivity contribution < 1.29 is 4.74 Å². The number of rotatable bonds is 4. The Bertz CT molecular complexity index is 1010. The predicted molar refractivity (Wildman–Crippen MR) is 116 cm³/mol. The molecule has 1 fully saturated rings. The van der Waals surface area contributed by atoms with Crippen LogP contribution < -0.4 is 10.1 Å². The standard InChI is InChI=1S/C23H26ClN5O/c1-25-18-13-16-12-17(24)7-10-20(16)29-21(14-18)27-28-23(29)15-5-8-19(9-6-15)30-22-4-2-3-11-26-22/h2-4,7,10-12,15,18-19,25H,5-6,8-9,13-14H2,1H3/t15-,18-,19-/m0/s1. The lowest BCUT2D eigenvalue weighted by Crippen LogP contribution is -2.29. The molecule has 1 aliphatic heterocycles. The Kier molecular flexibility index (Phi) is 5.44. The van der Waals surface area contributed by atoms with E-state index in [0.717, 1.165) is 55.2 Å². The zero-order valence-electron chi connectivity index (χ0n) is 17.1. The molecular formula is C23H26ClN5O. The van der Waals surface area contributed by atoms with Crippen LogP contribution in [-0.4, -0.2) is 38.9 Å². The summed E-state index contributed by atoms with van der Waals surface area (Å²) in [6, 6.07) is 12.3. The van der Waals surface area contributed by atoms with E-state index in [-0.39, 0.29) is 6.10 Å². The molecule has 6 nitrogen and oxygen atoms in total. The van der Waals surface area contributed by atoms with Crippen LogP contribution in [0.3, 0.4) is 0 Å². The Morgan fingerprint density at radius 1 is 1.07 bits per heavy atom. The van der Waals surface area contributed by atoms with Crippen LogP contribution in [0.4, 0.5) is 0 Å². The maximum Gasteiger partial charge on any atom is 0.213 e. The molecule has 2 aromatic heterocycles. The van der Waals surface area contributed by atoms with E-state index in [1.165, 1.54) is 11.3 Å². The minimum Gasteiger partial charge on any atom is -0.474 e. The second-order valence-electron chi connectivity index (χ2n) is 8.24. The second kappa shape index (κ2) is 8.36. The summed E-state index contributed by atoms with van der Waals surface area (Å²) in [6.45, 7) is 0. The number of fused-ring (bicyclic) bond motifs is 3. The van der Waals surface area contributed by atoms with Crippen LogP contribution in [-0.2, 0) is 12.8 Å². The number of ether oxygens (including phenoxy) is 1. The van der Waals surface area contributed by atoms with E-state index in [1.807, 2.05) is 31.3 Å². The second-order valence-corrected chi connectivity index (χ2v) is 8.67. The topological polar surface area (TPSA) is 64.9 Å². The monoisotopic (exact) mass is 423 g/mol. The van der Waals surface area contributed by atoms with Gasteiger partial charge in [-0.3, -0.25) is 4.57 Å². The van der Waals surface area contributed by atoms with E-state index in [9.17, 15) is 0 Å². The first-order valence-electron chi connectivity index (χ1n) is 10.7. The Morgan fingerprint density at radius 2 is 1.93 bits per heavy atom. The molecule has 0 spiro atoms. The number of likely N-dealkylation sites (N-methyl/N-ethyl adjacent to an activating group) is 1. The molecule has 0 radical (unpaired) electrons. The molecule has 3 heterocycles. The van der Waals surface area contributed by atoms with Gasteiger partial charge < -0.3 is 10.1 Å². The van der Waals surface area contributed by atoms with Crippen molar-refractivity contribution in [1.29, 1.82) is 0 Å². The third-order valence-corrected chi connectivity index (χ3v) is 6.54. The minimum atomic E-state index is 0.211. The van der Waals surface area contributed by atoms with Crippen LogP contribution in [0.2, 0.25) is 5.02 Å². The van der Waals surface area contributed by atoms with Crippen LogP contribution in [0.25, 0.3) is 5.69 Å². The predicted octanol–water partition coefficient (Wildman–Crippen LogP) is 4.11. The largest absolute Gasteiger partial charge is 0.474 e.